The number of nitrogens with one attached hydrogen (secondary N) is 1. The molecule has 2 aromatic rings. The van der Waals surface area contributed by atoms with Crippen molar-refractivity contribution in [2.24, 2.45) is 0 Å². The van der Waals surface area contributed by atoms with Crippen LogP contribution in [0.1, 0.15) is 33.9 Å². The molecule has 1 heterocycles. The van der Waals surface area contributed by atoms with E-state index in [-0.39, 0.29) is 11.9 Å². The zero-order chi connectivity index (χ0) is 14.0. The van der Waals surface area contributed by atoms with Crippen molar-refractivity contribution in [2.75, 3.05) is 7.05 Å². The molecule has 2 rings (SSSR count). The Labute approximate surface area is 113 Å². The van der Waals surface area contributed by atoms with Gasteiger partial charge in [-0.1, -0.05) is 17.7 Å². The summed E-state index contributed by atoms with van der Waals surface area (Å²) in [6, 6.07) is 5.84. The molecule has 1 aromatic heterocycles. The van der Waals surface area contributed by atoms with Crippen molar-refractivity contribution in [3.63, 3.8) is 0 Å². The van der Waals surface area contributed by atoms with Crippen molar-refractivity contribution in [3.05, 3.63) is 64.2 Å². The highest BCUT2D eigenvalue weighted by Gasteiger charge is 2.19. The average molecular weight is 258 g/mol. The number of nitrogens with zero attached hydrogens (tertiary/aromatic N) is 1. The summed E-state index contributed by atoms with van der Waals surface area (Å²) in [6.07, 6.45) is 2.89. The Hall–Kier alpha value is -1.74. The first-order valence-corrected chi connectivity index (χ1v) is 6.39. The van der Waals surface area contributed by atoms with E-state index in [0.717, 1.165) is 5.56 Å². The normalized spacial score (nSPS) is 12.5. The lowest BCUT2D eigenvalue weighted by molar-refractivity contribution is 0.569. The molecule has 0 aliphatic rings. The van der Waals surface area contributed by atoms with Crippen molar-refractivity contribution >= 4 is 0 Å². The second-order valence-corrected chi connectivity index (χ2v) is 4.93. The molecule has 0 radical (unpaired) electrons. The monoisotopic (exact) mass is 258 g/mol. The molecule has 100 valence electrons. The van der Waals surface area contributed by atoms with E-state index < -0.39 is 0 Å². The van der Waals surface area contributed by atoms with Gasteiger partial charge in [0.1, 0.15) is 5.82 Å². The van der Waals surface area contributed by atoms with Crippen LogP contribution in [-0.2, 0) is 0 Å². The standard InChI is InChI=1S/C16H19FN2/c1-10-7-11(2)15(12(3)8-10)16(18-4)13-5-6-19-9-14(13)17/h5-9,16,18H,1-4H3. The Kier molecular flexibility index (Phi) is 3.96. The zero-order valence-electron chi connectivity index (χ0n) is 11.8. The summed E-state index contributed by atoms with van der Waals surface area (Å²) in [7, 11) is 1.85. The lowest BCUT2D eigenvalue weighted by atomic mass is 9.90. The summed E-state index contributed by atoms with van der Waals surface area (Å²) in [4.78, 5) is 3.81. The molecule has 1 unspecified atom stereocenters. The van der Waals surface area contributed by atoms with Crippen LogP contribution in [0.3, 0.4) is 0 Å². The van der Waals surface area contributed by atoms with E-state index in [1.54, 1.807) is 12.3 Å². The Morgan fingerprint density at radius 1 is 1.16 bits per heavy atom. The molecule has 1 N–H and O–H groups in total. The number of pyridine rings is 1. The average Bonchev–Trinajstić information content (AvgIpc) is 2.34. The number of aromatic nitrogens is 1. The largest absolute Gasteiger partial charge is 0.309 e. The van der Waals surface area contributed by atoms with Crippen LogP contribution in [0.5, 0.6) is 0 Å². The topological polar surface area (TPSA) is 24.9 Å². The van der Waals surface area contributed by atoms with E-state index in [2.05, 4.69) is 43.2 Å². The first kappa shape index (κ1) is 13.7. The fraction of sp³-hybridized carbons (Fsp3) is 0.312. The third-order valence-corrected chi connectivity index (χ3v) is 3.43. The van der Waals surface area contributed by atoms with Gasteiger partial charge in [-0.05, 0) is 50.6 Å². The van der Waals surface area contributed by atoms with Gasteiger partial charge in [0, 0.05) is 11.8 Å². The van der Waals surface area contributed by atoms with E-state index >= 15 is 0 Å². The Morgan fingerprint density at radius 3 is 2.32 bits per heavy atom. The van der Waals surface area contributed by atoms with E-state index in [1.165, 1.54) is 22.9 Å². The van der Waals surface area contributed by atoms with Crippen LogP contribution in [0, 0.1) is 26.6 Å². The molecule has 3 heteroatoms. The lowest BCUT2D eigenvalue weighted by Gasteiger charge is -2.22. The molecule has 0 bridgehead atoms. The van der Waals surface area contributed by atoms with Gasteiger partial charge in [0.2, 0.25) is 0 Å². The first-order chi connectivity index (χ1) is 9.04. The number of hydrogen-bond acceptors (Lipinski definition) is 2. The summed E-state index contributed by atoms with van der Waals surface area (Å²) in [6.45, 7) is 6.21. The van der Waals surface area contributed by atoms with Gasteiger partial charge in [-0.15, -0.1) is 0 Å². The van der Waals surface area contributed by atoms with Crippen LogP contribution < -0.4 is 5.32 Å². The highest BCUT2D eigenvalue weighted by molar-refractivity contribution is 5.44. The maximum absolute atomic E-state index is 14.0. The van der Waals surface area contributed by atoms with E-state index in [4.69, 9.17) is 0 Å². The van der Waals surface area contributed by atoms with Gasteiger partial charge in [0.25, 0.3) is 0 Å². The van der Waals surface area contributed by atoms with Crippen LogP contribution >= 0.6 is 0 Å². The molecule has 0 spiro atoms. The van der Waals surface area contributed by atoms with Crippen molar-refractivity contribution < 1.29 is 4.39 Å². The minimum Gasteiger partial charge on any atom is -0.309 e. The van der Waals surface area contributed by atoms with Crippen molar-refractivity contribution in [3.8, 4) is 0 Å². The molecule has 1 atom stereocenters. The molecule has 0 amide bonds. The van der Waals surface area contributed by atoms with Gasteiger partial charge in [-0.25, -0.2) is 4.39 Å². The van der Waals surface area contributed by atoms with Crippen molar-refractivity contribution in [2.45, 2.75) is 26.8 Å². The number of benzene rings is 1. The molecule has 0 fully saturated rings. The smallest absolute Gasteiger partial charge is 0.146 e. The van der Waals surface area contributed by atoms with Crippen LogP contribution in [0.4, 0.5) is 4.39 Å². The molecule has 0 aliphatic heterocycles. The van der Waals surface area contributed by atoms with E-state index in [9.17, 15) is 4.39 Å². The Balaban J connectivity index is 2.58. The van der Waals surface area contributed by atoms with Gasteiger partial charge in [0.15, 0.2) is 0 Å². The molecule has 19 heavy (non-hydrogen) atoms. The second kappa shape index (κ2) is 5.49. The van der Waals surface area contributed by atoms with E-state index in [0.29, 0.717) is 5.56 Å². The van der Waals surface area contributed by atoms with Gasteiger partial charge in [-0.3, -0.25) is 4.98 Å². The Morgan fingerprint density at radius 2 is 1.79 bits per heavy atom. The first-order valence-electron chi connectivity index (χ1n) is 6.39. The highest BCUT2D eigenvalue weighted by atomic mass is 19.1. The molecule has 0 aliphatic carbocycles. The lowest BCUT2D eigenvalue weighted by Crippen LogP contribution is -2.21. The Bertz CT molecular complexity index is 570. The van der Waals surface area contributed by atoms with Crippen molar-refractivity contribution in [1.29, 1.82) is 0 Å². The predicted octanol–water partition coefficient (Wildman–Crippen LogP) is 3.45. The van der Waals surface area contributed by atoms with Crippen LogP contribution in [-0.4, -0.2) is 12.0 Å². The fourth-order valence-electron chi connectivity index (χ4n) is 2.72. The van der Waals surface area contributed by atoms with Gasteiger partial charge >= 0.3 is 0 Å². The number of rotatable bonds is 3. The minimum atomic E-state index is -0.277. The zero-order valence-corrected chi connectivity index (χ0v) is 11.8. The number of hydrogen-bond donors (Lipinski definition) is 1. The molecular weight excluding hydrogens is 239 g/mol. The summed E-state index contributed by atoms with van der Waals surface area (Å²) in [5.74, 6) is -0.277. The van der Waals surface area contributed by atoms with Gasteiger partial charge < -0.3 is 5.32 Å². The minimum absolute atomic E-state index is 0.149. The maximum Gasteiger partial charge on any atom is 0.146 e. The molecule has 2 nitrogen and oxygen atoms in total. The summed E-state index contributed by atoms with van der Waals surface area (Å²) < 4.78 is 14.0. The second-order valence-electron chi connectivity index (χ2n) is 4.93. The number of aryl methyl sites for hydroxylation is 3. The highest BCUT2D eigenvalue weighted by Crippen LogP contribution is 2.29. The molecular formula is C16H19FN2. The van der Waals surface area contributed by atoms with Crippen molar-refractivity contribution in [1.82, 2.24) is 10.3 Å². The molecule has 1 aromatic carbocycles. The van der Waals surface area contributed by atoms with Crippen LogP contribution in [0.15, 0.2) is 30.6 Å². The van der Waals surface area contributed by atoms with E-state index in [1.807, 2.05) is 7.05 Å². The summed E-state index contributed by atoms with van der Waals surface area (Å²) in [5.41, 5.74) is 5.34. The van der Waals surface area contributed by atoms with Gasteiger partial charge in [-0.2, -0.15) is 0 Å². The van der Waals surface area contributed by atoms with Gasteiger partial charge in [0.05, 0.1) is 12.2 Å². The molecule has 0 saturated carbocycles. The van der Waals surface area contributed by atoms with Crippen LogP contribution in [0.25, 0.3) is 0 Å². The number of halogens is 1. The molecule has 0 saturated heterocycles. The summed E-state index contributed by atoms with van der Waals surface area (Å²) in [5, 5.41) is 3.21. The third kappa shape index (κ3) is 2.66. The SMILES string of the molecule is CNC(c1ccncc1F)c1c(C)cc(C)cc1C. The fourth-order valence-corrected chi connectivity index (χ4v) is 2.72. The maximum atomic E-state index is 14.0. The third-order valence-electron chi connectivity index (χ3n) is 3.43. The predicted molar refractivity (Wildman–Crippen MR) is 75.8 cm³/mol. The summed E-state index contributed by atoms with van der Waals surface area (Å²) >= 11 is 0. The quantitative estimate of drug-likeness (QED) is 0.912. The van der Waals surface area contributed by atoms with Crippen LogP contribution in [0.2, 0.25) is 0 Å².